The minimum Gasteiger partial charge on any atom is -0.550 e. The molecule has 0 bridgehead atoms. The molecule has 2 aromatic carbocycles. The van der Waals surface area contributed by atoms with Crippen LogP contribution in [0.25, 0.3) is 10.9 Å². The van der Waals surface area contributed by atoms with E-state index in [-0.39, 0.29) is 24.2 Å². The molecule has 0 N–H and O–H groups in total. The van der Waals surface area contributed by atoms with Crippen molar-refractivity contribution < 1.29 is 28.2 Å². The number of halogens is 3. The van der Waals surface area contributed by atoms with E-state index >= 15 is 0 Å². The van der Waals surface area contributed by atoms with E-state index in [4.69, 9.17) is 21.1 Å². The molecule has 0 radical (unpaired) electrons. The molecule has 9 heteroatoms. The van der Waals surface area contributed by atoms with Crippen molar-refractivity contribution in [3.63, 3.8) is 0 Å². The monoisotopic (exact) mass is 531 g/mol. The summed E-state index contributed by atoms with van der Waals surface area (Å²) in [6.07, 6.45) is 5.25. The van der Waals surface area contributed by atoms with Crippen LogP contribution < -0.4 is 14.6 Å². The first kappa shape index (κ1) is 27.1. The van der Waals surface area contributed by atoms with Gasteiger partial charge in [-0.05, 0) is 92.9 Å². The lowest BCUT2D eigenvalue weighted by molar-refractivity contribution is -0.308. The summed E-state index contributed by atoms with van der Waals surface area (Å²) >= 11 is 6.50. The third kappa shape index (κ3) is 6.87. The number of hydrogen-bond donors (Lipinski definition) is 0. The summed E-state index contributed by atoms with van der Waals surface area (Å²) in [7, 11) is 1.61. The minimum atomic E-state index is -1.05. The number of carbonyl (C=O) groups excluding carboxylic acids is 1. The van der Waals surface area contributed by atoms with Crippen molar-refractivity contribution in [2.24, 2.45) is 5.41 Å². The predicted octanol–water partition coefficient (Wildman–Crippen LogP) is 4.80. The van der Waals surface area contributed by atoms with E-state index in [9.17, 15) is 18.7 Å². The zero-order chi connectivity index (χ0) is 26.4. The molecule has 1 saturated heterocycles. The topological polar surface area (TPSA) is 74.7 Å². The number of hydrogen-bond acceptors (Lipinski definition) is 6. The van der Waals surface area contributed by atoms with Crippen LogP contribution in [-0.2, 0) is 11.2 Å². The first-order chi connectivity index (χ1) is 17.8. The van der Waals surface area contributed by atoms with Crippen LogP contribution in [0.4, 0.5) is 8.78 Å². The Hall–Kier alpha value is -2.97. The number of aromatic nitrogens is 1. The summed E-state index contributed by atoms with van der Waals surface area (Å²) in [4.78, 5) is 18.2. The number of rotatable bonds is 11. The number of piperidine rings is 1. The molecular formula is C28H30ClF2N2O4-. The zero-order valence-corrected chi connectivity index (χ0v) is 21.5. The Morgan fingerprint density at radius 3 is 2.70 bits per heavy atom. The lowest BCUT2D eigenvalue weighted by Gasteiger charge is -2.42. The van der Waals surface area contributed by atoms with E-state index < -0.39 is 17.6 Å². The van der Waals surface area contributed by atoms with Gasteiger partial charge < -0.3 is 19.4 Å². The third-order valence-corrected chi connectivity index (χ3v) is 7.59. The molecule has 0 amide bonds. The molecule has 3 aromatic rings. The summed E-state index contributed by atoms with van der Waals surface area (Å²) < 4.78 is 37.9. The molecule has 6 nitrogen and oxygen atoms in total. The Labute approximate surface area is 220 Å². The molecule has 1 aromatic heterocycles. The number of carboxylic acids is 1. The minimum absolute atomic E-state index is 0.00446. The lowest BCUT2D eigenvalue weighted by Crippen LogP contribution is -2.44. The number of pyridine rings is 1. The molecule has 37 heavy (non-hydrogen) atoms. The van der Waals surface area contributed by atoms with Gasteiger partial charge in [0.15, 0.2) is 11.6 Å². The maximum Gasteiger partial charge on any atom is 0.165 e. The van der Waals surface area contributed by atoms with Crippen molar-refractivity contribution in [3.8, 4) is 11.5 Å². The van der Waals surface area contributed by atoms with Gasteiger partial charge >= 0.3 is 0 Å². The normalized spacial score (nSPS) is 15.6. The number of likely N-dealkylation sites (tertiary alicyclic amines) is 1. The van der Waals surface area contributed by atoms with Gasteiger partial charge in [0.2, 0.25) is 0 Å². The Bertz CT molecular complexity index is 1250. The standard InChI is InChI=1S/C28H31ClF2N2O4/c1-36-20-5-7-25-22(16-20)21(23(29)18-32-25)3-2-8-28(17-27(34)35)9-11-33(12-10-28)13-14-37-26-15-19(30)4-6-24(26)31/h4-7,15-16,18H,2-3,8-14,17H2,1H3,(H,34,35)/p-1. The van der Waals surface area contributed by atoms with E-state index in [1.165, 1.54) is 0 Å². The molecule has 1 fully saturated rings. The van der Waals surface area contributed by atoms with Crippen molar-refractivity contribution in [1.82, 2.24) is 9.88 Å². The second-order valence-corrected chi connectivity index (χ2v) is 10.0. The Balaban J connectivity index is 1.35. The number of ether oxygens (including phenoxy) is 2. The highest BCUT2D eigenvalue weighted by Gasteiger charge is 2.34. The van der Waals surface area contributed by atoms with Gasteiger partial charge in [-0.3, -0.25) is 9.88 Å². The van der Waals surface area contributed by atoms with Crippen LogP contribution in [0.5, 0.6) is 11.5 Å². The summed E-state index contributed by atoms with van der Waals surface area (Å²) in [5.74, 6) is -1.59. The van der Waals surface area contributed by atoms with E-state index in [2.05, 4.69) is 9.88 Å². The lowest BCUT2D eigenvalue weighted by atomic mass is 9.72. The van der Waals surface area contributed by atoms with Crippen LogP contribution in [0.1, 0.15) is 37.7 Å². The van der Waals surface area contributed by atoms with Crippen LogP contribution in [0, 0.1) is 17.0 Å². The van der Waals surface area contributed by atoms with Crippen LogP contribution >= 0.6 is 11.6 Å². The second-order valence-electron chi connectivity index (χ2n) is 9.63. The van der Waals surface area contributed by atoms with Crippen molar-refractivity contribution in [1.29, 1.82) is 0 Å². The summed E-state index contributed by atoms with van der Waals surface area (Å²) in [5, 5.41) is 13.1. The predicted molar refractivity (Wildman–Crippen MR) is 136 cm³/mol. The molecule has 198 valence electrons. The maximum atomic E-state index is 13.8. The smallest absolute Gasteiger partial charge is 0.165 e. The SMILES string of the molecule is COc1ccc2ncc(Cl)c(CCCC3(CC(=O)[O-])CCN(CCOc4cc(F)ccc4F)CC3)c2c1. The fraction of sp³-hybridized carbons (Fsp3) is 0.429. The highest BCUT2D eigenvalue weighted by Crippen LogP contribution is 2.40. The Morgan fingerprint density at radius 2 is 1.97 bits per heavy atom. The van der Waals surface area contributed by atoms with E-state index in [1.807, 2.05) is 18.2 Å². The summed E-state index contributed by atoms with van der Waals surface area (Å²) in [6, 6.07) is 8.80. The number of fused-ring (bicyclic) bond motifs is 1. The molecule has 0 atom stereocenters. The average Bonchev–Trinajstić information content (AvgIpc) is 2.88. The van der Waals surface area contributed by atoms with Crippen LogP contribution in [-0.4, -0.2) is 49.2 Å². The summed E-state index contributed by atoms with van der Waals surface area (Å²) in [5.41, 5.74) is 1.45. The first-order valence-corrected chi connectivity index (χ1v) is 12.8. The quantitative estimate of drug-likeness (QED) is 0.354. The van der Waals surface area contributed by atoms with Gasteiger partial charge in [-0.15, -0.1) is 0 Å². The van der Waals surface area contributed by atoms with Crippen LogP contribution in [0.15, 0.2) is 42.6 Å². The Morgan fingerprint density at radius 1 is 1.19 bits per heavy atom. The molecular weight excluding hydrogens is 502 g/mol. The van der Waals surface area contributed by atoms with E-state index in [1.54, 1.807) is 13.3 Å². The zero-order valence-electron chi connectivity index (χ0n) is 20.8. The number of carbonyl (C=O) groups is 1. The number of benzene rings is 2. The van der Waals surface area contributed by atoms with E-state index in [0.29, 0.717) is 43.9 Å². The molecule has 0 unspecified atom stereocenters. The fourth-order valence-electron chi connectivity index (χ4n) is 5.17. The number of aliphatic carboxylic acids is 1. The maximum absolute atomic E-state index is 13.8. The van der Waals surface area contributed by atoms with Gasteiger partial charge in [0, 0.05) is 30.2 Å². The van der Waals surface area contributed by atoms with Gasteiger partial charge in [0.1, 0.15) is 18.2 Å². The number of aryl methyl sites for hydroxylation is 1. The van der Waals surface area contributed by atoms with Gasteiger partial charge in [-0.1, -0.05) is 11.6 Å². The number of nitrogens with zero attached hydrogens (tertiary/aromatic N) is 2. The molecule has 0 spiro atoms. The average molecular weight is 532 g/mol. The molecule has 2 heterocycles. The molecule has 1 aliphatic rings. The van der Waals surface area contributed by atoms with Crippen molar-refractivity contribution >= 4 is 28.5 Å². The number of carboxylic acid groups (broad SMARTS) is 1. The van der Waals surface area contributed by atoms with Crippen molar-refractivity contribution in [2.45, 2.75) is 38.5 Å². The van der Waals surface area contributed by atoms with Gasteiger partial charge in [-0.25, -0.2) is 8.78 Å². The summed E-state index contributed by atoms with van der Waals surface area (Å²) in [6.45, 7) is 2.14. The van der Waals surface area contributed by atoms with Crippen molar-refractivity contribution in [2.75, 3.05) is 33.4 Å². The van der Waals surface area contributed by atoms with Gasteiger partial charge in [0.25, 0.3) is 0 Å². The molecule has 0 saturated carbocycles. The third-order valence-electron chi connectivity index (χ3n) is 7.26. The highest BCUT2D eigenvalue weighted by atomic mass is 35.5. The van der Waals surface area contributed by atoms with E-state index in [0.717, 1.165) is 53.3 Å². The van der Waals surface area contributed by atoms with Crippen LogP contribution in [0.3, 0.4) is 0 Å². The first-order valence-electron chi connectivity index (χ1n) is 12.4. The second kappa shape index (κ2) is 12.0. The van der Waals surface area contributed by atoms with Gasteiger partial charge in [0.05, 0.1) is 17.6 Å². The van der Waals surface area contributed by atoms with Crippen LogP contribution in [0.2, 0.25) is 5.02 Å². The van der Waals surface area contributed by atoms with Crippen molar-refractivity contribution in [3.05, 3.63) is 64.8 Å². The molecule has 1 aliphatic heterocycles. The molecule has 4 rings (SSSR count). The van der Waals surface area contributed by atoms with Gasteiger partial charge in [-0.2, -0.15) is 0 Å². The molecule has 0 aliphatic carbocycles. The number of methoxy groups -OCH3 is 1. The Kier molecular flexibility index (Phi) is 8.82. The fourth-order valence-corrected chi connectivity index (χ4v) is 5.41. The highest BCUT2D eigenvalue weighted by molar-refractivity contribution is 6.32. The largest absolute Gasteiger partial charge is 0.550 e.